The van der Waals surface area contributed by atoms with Crippen LogP contribution < -0.4 is 4.90 Å². The zero-order valence-corrected chi connectivity index (χ0v) is 21.0. The first-order chi connectivity index (χ1) is 16.8. The minimum absolute atomic E-state index is 0.0384. The second-order valence-electron chi connectivity index (χ2n) is 9.24. The van der Waals surface area contributed by atoms with Gasteiger partial charge in [-0.25, -0.2) is 10.1 Å². The maximum Gasteiger partial charge on any atom is 0.300 e. The van der Waals surface area contributed by atoms with Crippen molar-refractivity contribution in [2.45, 2.75) is 53.3 Å². The molecule has 7 heteroatoms. The fourth-order valence-electron chi connectivity index (χ4n) is 4.72. The number of hydrogen-bond donors (Lipinski definition) is 1. The summed E-state index contributed by atoms with van der Waals surface area (Å²) in [5.41, 5.74) is 5.05. The maximum absolute atomic E-state index is 13.3. The molecule has 2 aromatic carbocycles. The van der Waals surface area contributed by atoms with E-state index < -0.39 is 0 Å². The van der Waals surface area contributed by atoms with Gasteiger partial charge in [0.05, 0.1) is 19.2 Å². The highest BCUT2D eigenvalue weighted by atomic mass is 16.3. The van der Waals surface area contributed by atoms with Crippen LogP contribution >= 0.6 is 0 Å². The van der Waals surface area contributed by atoms with Gasteiger partial charge in [-0.15, -0.1) is 0 Å². The minimum atomic E-state index is -0.0836. The summed E-state index contributed by atoms with van der Waals surface area (Å²) >= 11 is 0. The van der Waals surface area contributed by atoms with E-state index in [9.17, 15) is 15.2 Å². The Kier molecular flexibility index (Phi) is 8.52. The Bertz CT molecular complexity index is 1150. The molecule has 35 heavy (non-hydrogen) atoms. The van der Waals surface area contributed by atoms with Gasteiger partial charge < -0.3 is 19.8 Å². The van der Waals surface area contributed by atoms with Crippen LogP contribution in [0.4, 0.5) is 5.69 Å². The minimum Gasteiger partial charge on any atom is -0.392 e. The fourth-order valence-corrected chi connectivity index (χ4v) is 4.72. The number of aliphatic hydroxyl groups is 1. The second-order valence-corrected chi connectivity index (χ2v) is 9.24. The van der Waals surface area contributed by atoms with Gasteiger partial charge in [0.1, 0.15) is 5.82 Å². The van der Waals surface area contributed by atoms with Crippen LogP contribution in [0.5, 0.6) is 0 Å². The summed E-state index contributed by atoms with van der Waals surface area (Å²) in [5, 5.41) is 19.1. The number of carbonyl (C=O) groups excluding carboxylic acids is 1. The lowest BCUT2D eigenvalue weighted by Gasteiger charge is -2.29. The largest absolute Gasteiger partial charge is 0.392 e. The molecule has 0 aromatic heterocycles. The van der Waals surface area contributed by atoms with Crippen LogP contribution in [0.3, 0.4) is 0 Å². The molecule has 0 saturated carbocycles. The zero-order chi connectivity index (χ0) is 25.5. The van der Waals surface area contributed by atoms with Crippen LogP contribution in [-0.4, -0.2) is 46.5 Å². The highest BCUT2D eigenvalue weighted by Gasteiger charge is 2.30. The van der Waals surface area contributed by atoms with Gasteiger partial charge >= 0.3 is 5.70 Å². The molecule has 0 aliphatic carbocycles. The molecule has 1 N–H and O–H groups in total. The van der Waals surface area contributed by atoms with Crippen molar-refractivity contribution >= 4 is 11.6 Å². The van der Waals surface area contributed by atoms with Gasteiger partial charge in [0.2, 0.25) is 5.91 Å². The Hall–Kier alpha value is -3.81. The number of anilines is 1. The van der Waals surface area contributed by atoms with E-state index in [-0.39, 0.29) is 30.7 Å². The third-order valence-corrected chi connectivity index (χ3v) is 6.08. The van der Waals surface area contributed by atoms with Crippen LogP contribution in [0.25, 0.3) is 4.85 Å². The molecule has 0 unspecified atom stereocenters. The Morgan fingerprint density at radius 2 is 1.83 bits per heavy atom. The third-order valence-electron chi connectivity index (χ3n) is 6.08. The van der Waals surface area contributed by atoms with Gasteiger partial charge in [-0.05, 0) is 51.0 Å². The first-order valence-corrected chi connectivity index (χ1v) is 11.9. The number of allylic oxidation sites excluding steroid dienone is 1. The van der Waals surface area contributed by atoms with E-state index in [1.165, 1.54) is 11.1 Å². The van der Waals surface area contributed by atoms with Crippen molar-refractivity contribution in [3.05, 3.63) is 87.7 Å². The molecule has 1 fully saturated rings. The number of amides is 1. The molecule has 182 valence electrons. The summed E-state index contributed by atoms with van der Waals surface area (Å²) in [6, 6.07) is 15.7. The molecular formula is C28H33N5O2. The molecule has 0 radical (unpaired) electrons. The zero-order valence-electron chi connectivity index (χ0n) is 21.0. The second kappa shape index (κ2) is 11.6. The smallest absolute Gasteiger partial charge is 0.300 e. The van der Waals surface area contributed by atoms with E-state index >= 15 is 0 Å². The Labute approximate surface area is 208 Å². The lowest BCUT2D eigenvalue weighted by molar-refractivity contribution is -0.119. The number of rotatable bonds is 8. The summed E-state index contributed by atoms with van der Waals surface area (Å²) in [6.07, 6.45) is 0.249. The first kappa shape index (κ1) is 25.8. The molecule has 1 aliphatic rings. The number of carbonyl (C=O) groups is 1. The number of aryl methyl sites for hydroxylation is 2. The van der Waals surface area contributed by atoms with Crippen LogP contribution in [0.1, 0.15) is 42.5 Å². The van der Waals surface area contributed by atoms with Crippen molar-refractivity contribution in [2.75, 3.05) is 24.5 Å². The molecule has 0 spiro atoms. The van der Waals surface area contributed by atoms with Gasteiger partial charge in [-0.2, -0.15) is 0 Å². The van der Waals surface area contributed by atoms with Crippen LogP contribution in [0.15, 0.2) is 54.0 Å². The molecule has 3 rings (SSSR count). The van der Waals surface area contributed by atoms with Gasteiger partial charge in [-0.1, -0.05) is 41.5 Å². The molecule has 2 aromatic rings. The Morgan fingerprint density at radius 3 is 2.43 bits per heavy atom. The van der Waals surface area contributed by atoms with Crippen molar-refractivity contribution < 1.29 is 9.90 Å². The average molecular weight is 472 g/mol. The predicted octanol–water partition coefficient (Wildman–Crippen LogP) is 4.36. The van der Waals surface area contributed by atoms with Crippen LogP contribution in [0.2, 0.25) is 0 Å². The SMILES string of the molecule is [C-]#[N+]/C(C#N)=C1\N(CCC(=O)N(c2cccc(CO)c2)C(C)C)CCN1Cc1cc(C)cc(C)c1. The van der Waals surface area contributed by atoms with E-state index in [0.717, 1.165) is 16.8 Å². The highest BCUT2D eigenvalue weighted by Crippen LogP contribution is 2.27. The number of benzene rings is 2. The van der Waals surface area contributed by atoms with Crippen molar-refractivity contribution in [3.8, 4) is 6.07 Å². The number of nitriles is 1. The molecule has 1 heterocycles. The summed E-state index contributed by atoms with van der Waals surface area (Å²) in [4.78, 5) is 22.6. The van der Waals surface area contributed by atoms with Gasteiger partial charge in [0, 0.05) is 44.3 Å². The normalized spacial score (nSPS) is 14.6. The number of hydrogen-bond acceptors (Lipinski definition) is 5. The lowest BCUT2D eigenvalue weighted by Crippen LogP contribution is -2.39. The topological polar surface area (TPSA) is 75.2 Å². The molecular weight excluding hydrogens is 438 g/mol. The average Bonchev–Trinajstić information content (AvgIpc) is 3.20. The maximum atomic E-state index is 13.3. The molecule has 1 amide bonds. The van der Waals surface area contributed by atoms with E-state index in [1.54, 1.807) is 4.90 Å². The highest BCUT2D eigenvalue weighted by molar-refractivity contribution is 5.94. The van der Waals surface area contributed by atoms with Crippen molar-refractivity contribution in [2.24, 2.45) is 0 Å². The summed E-state index contributed by atoms with van der Waals surface area (Å²) < 4.78 is 0. The molecule has 1 aliphatic heterocycles. The quantitative estimate of drug-likeness (QED) is 0.457. The fraction of sp³-hybridized carbons (Fsp3) is 0.393. The van der Waals surface area contributed by atoms with Crippen molar-refractivity contribution in [3.63, 3.8) is 0 Å². The monoisotopic (exact) mass is 471 g/mol. The number of aliphatic hydroxyl groups excluding tert-OH is 1. The standard InChI is InChI=1S/C28H33N5O2/c1-20(2)33(25-8-6-7-23(16-25)19-34)27(35)9-10-31-11-12-32(28(31)26(17-29)30-5)18-24-14-21(3)13-22(4)15-24/h6-8,13-16,20,34H,9-12,18-19H2,1-4H3/b28-26+. The lowest BCUT2D eigenvalue weighted by atomic mass is 10.1. The first-order valence-electron chi connectivity index (χ1n) is 11.9. The van der Waals surface area contributed by atoms with Crippen molar-refractivity contribution in [1.29, 1.82) is 5.26 Å². The van der Waals surface area contributed by atoms with E-state index in [2.05, 4.69) is 47.9 Å². The van der Waals surface area contributed by atoms with Gasteiger partial charge in [0.15, 0.2) is 0 Å². The summed E-state index contributed by atoms with van der Waals surface area (Å²) in [5.74, 6) is 0.566. The molecule has 1 saturated heterocycles. The predicted molar refractivity (Wildman–Crippen MR) is 137 cm³/mol. The Balaban J connectivity index is 1.79. The molecule has 0 atom stereocenters. The third kappa shape index (κ3) is 6.20. The van der Waals surface area contributed by atoms with Gasteiger partial charge in [0.25, 0.3) is 0 Å². The van der Waals surface area contributed by atoms with E-state index in [1.807, 2.05) is 43.0 Å². The van der Waals surface area contributed by atoms with Crippen LogP contribution in [0, 0.1) is 31.8 Å². The molecule has 0 bridgehead atoms. The van der Waals surface area contributed by atoms with Crippen molar-refractivity contribution in [1.82, 2.24) is 9.80 Å². The van der Waals surface area contributed by atoms with E-state index in [4.69, 9.17) is 6.57 Å². The molecule has 7 nitrogen and oxygen atoms in total. The van der Waals surface area contributed by atoms with Crippen LogP contribution in [-0.2, 0) is 17.9 Å². The number of nitrogens with zero attached hydrogens (tertiary/aromatic N) is 5. The Morgan fingerprint density at radius 1 is 1.14 bits per heavy atom. The van der Waals surface area contributed by atoms with Gasteiger partial charge in [-0.3, -0.25) is 4.79 Å². The summed E-state index contributed by atoms with van der Waals surface area (Å²) in [7, 11) is 0. The summed E-state index contributed by atoms with van der Waals surface area (Å²) in [6.45, 7) is 17.9. The van der Waals surface area contributed by atoms with E-state index in [0.29, 0.717) is 32.0 Å².